The highest BCUT2D eigenvalue weighted by atomic mass is 35.5. The first-order valence-corrected chi connectivity index (χ1v) is 7.48. The van der Waals surface area contributed by atoms with E-state index in [1.807, 2.05) is 18.2 Å². The second kappa shape index (κ2) is 5.96. The molecule has 0 bridgehead atoms. The maximum atomic E-state index is 11.2. The zero-order chi connectivity index (χ0) is 15.7. The van der Waals surface area contributed by atoms with E-state index in [1.165, 1.54) is 6.92 Å². The fourth-order valence-corrected chi connectivity index (χ4v) is 2.96. The Balaban J connectivity index is 1.95. The maximum Gasteiger partial charge on any atom is 0.224 e. The molecule has 1 N–H and O–H groups in total. The smallest absolute Gasteiger partial charge is 0.224 e. The third-order valence-corrected chi connectivity index (χ3v) is 3.92. The van der Waals surface area contributed by atoms with Gasteiger partial charge in [0.15, 0.2) is 0 Å². The third kappa shape index (κ3) is 2.92. The number of ether oxygens (including phenoxy) is 1. The number of methoxy groups -OCH3 is 1. The molecular weight excluding hydrogens is 304 g/mol. The van der Waals surface area contributed by atoms with Crippen molar-refractivity contribution in [3.63, 3.8) is 0 Å². The molecule has 1 unspecified atom stereocenters. The third-order valence-electron chi connectivity index (χ3n) is 3.75. The average molecular weight is 321 g/mol. The van der Waals surface area contributed by atoms with E-state index in [4.69, 9.17) is 16.3 Å². The van der Waals surface area contributed by atoms with Crippen LogP contribution in [-0.4, -0.2) is 42.1 Å². The Kier molecular flexibility index (Phi) is 4.02. The summed E-state index contributed by atoms with van der Waals surface area (Å²) in [7, 11) is 1.61. The van der Waals surface area contributed by atoms with Gasteiger partial charge in [0.05, 0.1) is 12.6 Å². The van der Waals surface area contributed by atoms with E-state index in [0.717, 1.165) is 35.4 Å². The molecule has 1 aliphatic heterocycles. The van der Waals surface area contributed by atoms with Crippen LogP contribution < -0.4 is 15.0 Å². The summed E-state index contributed by atoms with van der Waals surface area (Å²) in [6.07, 6.45) is 0.888. The van der Waals surface area contributed by atoms with E-state index >= 15 is 0 Å². The van der Waals surface area contributed by atoms with Crippen molar-refractivity contribution in [2.45, 2.75) is 19.4 Å². The van der Waals surface area contributed by atoms with Gasteiger partial charge in [-0.1, -0.05) is 0 Å². The largest absolute Gasteiger partial charge is 0.497 e. The molecule has 1 fully saturated rings. The highest BCUT2D eigenvalue weighted by Gasteiger charge is 2.25. The summed E-state index contributed by atoms with van der Waals surface area (Å²) < 4.78 is 5.22. The second-order valence-corrected chi connectivity index (χ2v) is 5.67. The molecule has 1 amide bonds. The number of rotatable bonds is 3. The molecule has 1 saturated heterocycles. The van der Waals surface area contributed by atoms with Gasteiger partial charge in [-0.05, 0) is 30.2 Å². The van der Waals surface area contributed by atoms with E-state index in [0.29, 0.717) is 6.54 Å². The minimum atomic E-state index is -0.0119. The molecule has 2 aromatic rings. The molecule has 1 aliphatic rings. The zero-order valence-electron chi connectivity index (χ0n) is 12.5. The van der Waals surface area contributed by atoms with Crippen LogP contribution in [0.25, 0.3) is 10.9 Å². The van der Waals surface area contributed by atoms with E-state index in [1.54, 1.807) is 7.11 Å². The van der Waals surface area contributed by atoms with Crippen molar-refractivity contribution < 1.29 is 9.53 Å². The number of nitrogens with one attached hydrogen (secondary N) is 1. The Morgan fingerprint density at radius 3 is 3.00 bits per heavy atom. The summed E-state index contributed by atoms with van der Waals surface area (Å²) >= 11 is 6.06. The Morgan fingerprint density at radius 2 is 2.27 bits per heavy atom. The second-order valence-electron chi connectivity index (χ2n) is 5.33. The monoisotopic (exact) mass is 320 g/mol. The Bertz CT molecular complexity index is 722. The van der Waals surface area contributed by atoms with Crippen LogP contribution >= 0.6 is 11.6 Å². The predicted octanol–water partition coefficient (Wildman–Crippen LogP) is 2.01. The van der Waals surface area contributed by atoms with Gasteiger partial charge >= 0.3 is 0 Å². The highest BCUT2D eigenvalue weighted by molar-refractivity contribution is 6.28. The van der Waals surface area contributed by atoms with Gasteiger partial charge in [0.25, 0.3) is 0 Å². The lowest BCUT2D eigenvalue weighted by Crippen LogP contribution is -2.35. The predicted molar refractivity (Wildman–Crippen MR) is 85.5 cm³/mol. The van der Waals surface area contributed by atoms with Gasteiger partial charge in [-0.3, -0.25) is 4.79 Å². The molecule has 0 radical (unpaired) electrons. The van der Waals surface area contributed by atoms with Crippen LogP contribution in [-0.2, 0) is 4.79 Å². The summed E-state index contributed by atoms with van der Waals surface area (Å²) in [5, 5.41) is 4.08. The number of hydrogen-bond donors (Lipinski definition) is 1. The fourth-order valence-electron chi connectivity index (χ4n) is 2.79. The van der Waals surface area contributed by atoms with Crippen LogP contribution in [0.3, 0.4) is 0 Å². The molecule has 0 spiro atoms. The van der Waals surface area contributed by atoms with Crippen LogP contribution in [0.4, 0.5) is 5.82 Å². The average Bonchev–Trinajstić information content (AvgIpc) is 2.93. The van der Waals surface area contributed by atoms with Gasteiger partial charge in [-0.2, -0.15) is 4.98 Å². The lowest BCUT2D eigenvalue weighted by atomic mass is 10.2. The number of carbonyl (C=O) groups is 1. The number of halogens is 1. The zero-order valence-corrected chi connectivity index (χ0v) is 13.2. The van der Waals surface area contributed by atoms with E-state index in [9.17, 15) is 4.79 Å². The SMILES string of the molecule is COc1ccc2c(N3CCC(NC(C)=O)C3)nc(Cl)nc2c1. The van der Waals surface area contributed by atoms with E-state index < -0.39 is 0 Å². The summed E-state index contributed by atoms with van der Waals surface area (Å²) in [5.74, 6) is 1.51. The summed E-state index contributed by atoms with van der Waals surface area (Å²) in [6, 6.07) is 5.80. The van der Waals surface area contributed by atoms with E-state index in [2.05, 4.69) is 20.2 Å². The molecule has 1 aromatic heterocycles. The molecule has 22 heavy (non-hydrogen) atoms. The molecular formula is C15H17ClN4O2. The first kappa shape index (κ1) is 14.8. The standard InChI is InChI=1S/C15H17ClN4O2/c1-9(21)17-10-5-6-20(8-10)14-12-4-3-11(22-2)7-13(12)18-15(16)19-14/h3-4,7,10H,5-6,8H2,1-2H3,(H,17,21). The first-order chi connectivity index (χ1) is 10.6. The van der Waals surface area contributed by atoms with Gasteiger partial charge in [-0.25, -0.2) is 4.98 Å². The van der Waals surface area contributed by atoms with Crippen LogP contribution in [0.2, 0.25) is 5.28 Å². The van der Waals surface area contributed by atoms with Gasteiger partial charge in [0.2, 0.25) is 11.2 Å². The molecule has 0 aliphatic carbocycles. The lowest BCUT2D eigenvalue weighted by Gasteiger charge is -2.19. The maximum absolute atomic E-state index is 11.2. The van der Waals surface area contributed by atoms with Crippen molar-refractivity contribution in [1.29, 1.82) is 0 Å². The Labute approximate surface area is 133 Å². The van der Waals surface area contributed by atoms with Crippen molar-refractivity contribution in [2.24, 2.45) is 0 Å². The quantitative estimate of drug-likeness (QED) is 0.876. The van der Waals surface area contributed by atoms with Crippen molar-refractivity contribution in [1.82, 2.24) is 15.3 Å². The molecule has 7 heteroatoms. The summed E-state index contributed by atoms with van der Waals surface area (Å²) in [4.78, 5) is 22.0. The molecule has 1 aromatic carbocycles. The summed E-state index contributed by atoms with van der Waals surface area (Å²) in [5.41, 5.74) is 0.748. The minimum Gasteiger partial charge on any atom is -0.497 e. The topological polar surface area (TPSA) is 67.3 Å². The van der Waals surface area contributed by atoms with Crippen molar-refractivity contribution in [2.75, 3.05) is 25.1 Å². The number of hydrogen-bond acceptors (Lipinski definition) is 5. The molecule has 2 heterocycles. The van der Waals surface area contributed by atoms with Crippen LogP contribution in [0.5, 0.6) is 5.75 Å². The molecule has 1 atom stereocenters. The van der Waals surface area contributed by atoms with Crippen molar-refractivity contribution >= 4 is 34.2 Å². The van der Waals surface area contributed by atoms with Crippen molar-refractivity contribution in [3.05, 3.63) is 23.5 Å². The van der Waals surface area contributed by atoms with Gasteiger partial charge in [-0.15, -0.1) is 0 Å². The number of carbonyl (C=O) groups excluding carboxylic acids is 1. The molecule has 0 saturated carbocycles. The highest BCUT2D eigenvalue weighted by Crippen LogP contribution is 2.30. The van der Waals surface area contributed by atoms with E-state index in [-0.39, 0.29) is 17.2 Å². The van der Waals surface area contributed by atoms with Crippen molar-refractivity contribution in [3.8, 4) is 5.75 Å². The minimum absolute atomic E-state index is 0.0119. The Morgan fingerprint density at radius 1 is 1.45 bits per heavy atom. The number of amides is 1. The fraction of sp³-hybridized carbons (Fsp3) is 0.400. The normalized spacial score (nSPS) is 17.8. The number of benzene rings is 1. The van der Waals surface area contributed by atoms with Crippen LogP contribution in [0.15, 0.2) is 18.2 Å². The molecule has 116 valence electrons. The van der Waals surface area contributed by atoms with Crippen LogP contribution in [0.1, 0.15) is 13.3 Å². The first-order valence-electron chi connectivity index (χ1n) is 7.10. The lowest BCUT2D eigenvalue weighted by molar-refractivity contribution is -0.119. The number of anilines is 1. The van der Waals surface area contributed by atoms with Gasteiger partial charge in [0, 0.05) is 37.5 Å². The summed E-state index contributed by atoms with van der Waals surface area (Å²) in [6.45, 7) is 3.07. The Hall–Kier alpha value is -2.08. The molecule has 6 nitrogen and oxygen atoms in total. The number of fused-ring (bicyclic) bond motifs is 1. The van der Waals surface area contributed by atoms with Gasteiger partial charge < -0.3 is 15.0 Å². The molecule has 3 rings (SSSR count). The van der Waals surface area contributed by atoms with Gasteiger partial charge in [0.1, 0.15) is 11.6 Å². The van der Waals surface area contributed by atoms with Crippen LogP contribution in [0, 0.1) is 0 Å². The number of nitrogens with zero attached hydrogens (tertiary/aromatic N) is 3. The number of aromatic nitrogens is 2.